The van der Waals surface area contributed by atoms with E-state index in [9.17, 15) is 29.8 Å². The first-order valence-corrected chi connectivity index (χ1v) is 15.2. The van der Waals surface area contributed by atoms with Gasteiger partial charge >= 0.3 is 5.97 Å². The minimum atomic E-state index is -0.754. The van der Waals surface area contributed by atoms with Crippen LogP contribution in [-0.4, -0.2) is 28.0 Å². The number of aryl methyl sites for hydroxylation is 2. The number of nitro benzene ring substituents is 1. The summed E-state index contributed by atoms with van der Waals surface area (Å²) < 4.78 is 6.94. The van der Waals surface area contributed by atoms with Crippen molar-refractivity contribution >= 4 is 56.9 Å². The largest absolute Gasteiger partial charge is 0.462 e. The molecule has 0 atom stereocenters. The topological polar surface area (TPSA) is 144 Å². The van der Waals surface area contributed by atoms with Crippen LogP contribution in [0.25, 0.3) is 17.3 Å². The molecule has 2 aromatic carbocycles. The minimum absolute atomic E-state index is 0.0877. The highest BCUT2D eigenvalue weighted by Gasteiger charge is 2.28. The number of carbonyl (C=O) groups is 2. The van der Waals surface area contributed by atoms with Crippen LogP contribution in [0.2, 0.25) is 0 Å². The van der Waals surface area contributed by atoms with Crippen molar-refractivity contribution in [3.63, 3.8) is 0 Å². The average Bonchev–Trinajstić information content (AvgIpc) is 3.51. The van der Waals surface area contributed by atoms with Gasteiger partial charge in [0.25, 0.3) is 17.2 Å². The molecule has 4 aromatic rings. The lowest BCUT2D eigenvalue weighted by atomic mass is 9.95. The molecule has 10 nitrogen and oxygen atoms in total. The molecule has 43 heavy (non-hydrogen) atoms. The van der Waals surface area contributed by atoms with E-state index < -0.39 is 22.4 Å². The first-order chi connectivity index (χ1) is 20.7. The van der Waals surface area contributed by atoms with Gasteiger partial charge in [0.15, 0.2) is 5.57 Å². The molecule has 0 aliphatic heterocycles. The van der Waals surface area contributed by atoms with E-state index in [4.69, 9.17) is 4.74 Å². The summed E-state index contributed by atoms with van der Waals surface area (Å²) in [7, 11) is 0. The number of hydrogen-bond donors (Lipinski definition) is 1. The summed E-state index contributed by atoms with van der Waals surface area (Å²) >= 11 is 2.27. The van der Waals surface area contributed by atoms with Crippen molar-refractivity contribution in [2.75, 3.05) is 11.9 Å². The summed E-state index contributed by atoms with van der Waals surface area (Å²) in [6.07, 6.45) is 4.95. The number of nitrogens with zero attached hydrogens (tertiary/aromatic N) is 3. The third kappa shape index (κ3) is 6.04. The van der Waals surface area contributed by atoms with Crippen molar-refractivity contribution in [2.45, 2.75) is 39.5 Å². The number of nitrogens with one attached hydrogen (secondary N) is 1. The van der Waals surface area contributed by atoms with E-state index in [2.05, 4.69) is 5.32 Å². The van der Waals surface area contributed by atoms with Crippen LogP contribution >= 0.6 is 22.7 Å². The SMILES string of the molecule is CCOC(=O)c1c(NC(=O)/C(C#N)=c2\s/c(=C\c3ccc([N+](=O)[O-])cc3)c(=O)n2-c2ccc(C)cc2)sc2c1CCCC2. The number of aromatic nitrogens is 1. The average molecular weight is 615 g/mol. The summed E-state index contributed by atoms with van der Waals surface area (Å²) in [5, 5.41) is 24.4. The highest BCUT2D eigenvalue weighted by atomic mass is 32.1. The van der Waals surface area contributed by atoms with Crippen LogP contribution in [-0.2, 0) is 22.4 Å². The summed E-state index contributed by atoms with van der Waals surface area (Å²) in [5.74, 6) is -1.28. The Morgan fingerprint density at radius 2 is 1.81 bits per heavy atom. The molecular formula is C31H26N4O6S2. The van der Waals surface area contributed by atoms with E-state index in [0.717, 1.165) is 46.6 Å². The van der Waals surface area contributed by atoms with Gasteiger partial charge in [0.05, 0.1) is 27.3 Å². The molecule has 1 aliphatic carbocycles. The molecule has 0 saturated carbocycles. The number of nitriles is 1. The Bertz CT molecular complexity index is 1960. The first kappa shape index (κ1) is 29.6. The molecule has 0 unspecified atom stereocenters. The predicted molar refractivity (Wildman–Crippen MR) is 165 cm³/mol. The van der Waals surface area contributed by atoms with Gasteiger partial charge in [-0.3, -0.25) is 24.3 Å². The molecule has 1 N–H and O–H groups in total. The monoisotopic (exact) mass is 614 g/mol. The second-order valence-electron chi connectivity index (χ2n) is 9.82. The van der Waals surface area contributed by atoms with Crippen LogP contribution in [0.3, 0.4) is 0 Å². The third-order valence-electron chi connectivity index (χ3n) is 6.95. The number of hydrogen-bond acceptors (Lipinski definition) is 9. The lowest BCUT2D eigenvalue weighted by molar-refractivity contribution is -0.384. The maximum absolute atomic E-state index is 13.7. The molecule has 5 rings (SSSR count). The van der Waals surface area contributed by atoms with E-state index in [1.807, 2.05) is 25.1 Å². The van der Waals surface area contributed by atoms with E-state index in [-0.39, 0.29) is 27.1 Å². The lowest BCUT2D eigenvalue weighted by Gasteiger charge is -2.12. The number of anilines is 1. The predicted octanol–water partition coefficient (Wildman–Crippen LogP) is 4.37. The van der Waals surface area contributed by atoms with Gasteiger partial charge in [-0.2, -0.15) is 5.26 Å². The molecule has 0 radical (unpaired) electrons. The molecule has 2 heterocycles. The normalized spacial score (nSPS) is 13.6. The zero-order valence-corrected chi connectivity index (χ0v) is 25.0. The number of ether oxygens (including phenoxy) is 1. The smallest absolute Gasteiger partial charge is 0.341 e. The van der Waals surface area contributed by atoms with Crippen molar-refractivity contribution in [3.05, 3.63) is 105 Å². The van der Waals surface area contributed by atoms with Crippen LogP contribution in [0.5, 0.6) is 0 Å². The van der Waals surface area contributed by atoms with Crippen LogP contribution in [0, 0.1) is 28.4 Å². The Kier molecular flexibility index (Phi) is 8.66. The van der Waals surface area contributed by atoms with Gasteiger partial charge in [0.1, 0.15) is 15.7 Å². The summed E-state index contributed by atoms with van der Waals surface area (Å²) in [6.45, 7) is 3.79. The third-order valence-corrected chi connectivity index (χ3v) is 9.25. The zero-order chi connectivity index (χ0) is 30.7. The number of esters is 1. The molecule has 218 valence electrons. The van der Waals surface area contributed by atoms with Gasteiger partial charge in [0.2, 0.25) is 0 Å². The molecule has 0 spiro atoms. The van der Waals surface area contributed by atoms with E-state index in [0.29, 0.717) is 28.2 Å². The molecule has 0 bridgehead atoms. The molecule has 2 aromatic heterocycles. The highest BCUT2D eigenvalue weighted by molar-refractivity contribution is 7.17. The van der Waals surface area contributed by atoms with Crippen molar-refractivity contribution in [2.24, 2.45) is 0 Å². The van der Waals surface area contributed by atoms with E-state index >= 15 is 0 Å². The maximum atomic E-state index is 13.7. The summed E-state index contributed by atoms with van der Waals surface area (Å²) in [6, 6.07) is 14.8. The highest BCUT2D eigenvalue weighted by Crippen LogP contribution is 2.38. The Balaban J connectivity index is 1.67. The van der Waals surface area contributed by atoms with Crippen molar-refractivity contribution in [3.8, 4) is 11.8 Å². The maximum Gasteiger partial charge on any atom is 0.341 e. The lowest BCUT2D eigenvalue weighted by Crippen LogP contribution is -2.32. The fourth-order valence-corrected chi connectivity index (χ4v) is 7.23. The van der Waals surface area contributed by atoms with Gasteiger partial charge in [-0.25, -0.2) is 4.79 Å². The second kappa shape index (κ2) is 12.6. The molecular weight excluding hydrogens is 588 g/mol. The number of benzene rings is 2. The first-order valence-electron chi connectivity index (χ1n) is 13.5. The molecule has 0 saturated heterocycles. The van der Waals surface area contributed by atoms with Gasteiger partial charge in [-0.1, -0.05) is 17.7 Å². The number of thiophene rings is 1. The van der Waals surface area contributed by atoms with Crippen molar-refractivity contribution < 1.29 is 19.2 Å². The van der Waals surface area contributed by atoms with Crippen molar-refractivity contribution in [1.29, 1.82) is 5.26 Å². The van der Waals surface area contributed by atoms with Gasteiger partial charge < -0.3 is 10.1 Å². The number of fused-ring (bicyclic) bond motifs is 1. The number of non-ortho nitro benzene ring substituents is 1. The standard InChI is InChI=1S/C31H26N4O6S2/c1-3-41-31(38)26-22-6-4-5-7-24(22)42-28(26)33-27(36)23(17-32)30-34(20-12-8-18(2)9-13-20)29(37)25(43-30)16-19-10-14-21(15-11-19)35(39)40/h8-16H,3-7H2,1-2H3,(H,33,36)/b25-16-,30-23-. The van der Waals surface area contributed by atoms with Gasteiger partial charge in [-0.05, 0) is 81.0 Å². The van der Waals surface area contributed by atoms with Gasteiger partial charge in [-0.15, -0.1) is 22.7 Å². The fourth-order valence-electron chi connectivity index (χ4n) is 4.86. The summed E-state index contributed by atoms with van der Waals surface area (Å²) in [5.41, 5.74) is 2.31. The van der Waals surface area contributed by atoms with E-state index in [1.165, 1.54) is 40.2 Å². The van der Waals surface area contributed by atoms with Crippen molar-refractivity contribution in [1.82, 2.24) is 4.57 Å². The zero-order valence-electron chi connectivity index (χ0n) is 23.3. The van der Waals surface area contributed by atoms with Gasteiger partial charge in [0, 0.05) is 17.0 Å². The number of nitro groups is 1. The Morgan fingerprint density at radius 3 is 2.47 bits per heavy atom. The summed E-state index contributed by atoms with van der Waals surface area (Å²) in [4.78, 5) is 51.9. The van der Waals surface area contributed by atoms with Crippen LogP contribution in [0.1, 0.15) is 51.7 Å². The minimum Gasteiger partial charge on any atom is -0.462 e. The number of amides is 1. The van der Waals surface area contributed by atoms with Crippen LogP contribution < -0.4 is 20.1 Å². The molecule has 1 aliphatic rings. The quantitative estimate of drug-likeness (QED) is 0.185. The molecule has 12 heteroatoms. The Hall–Kier alpha value is -4.86. The second-order valence-corrected chi connectivity index (χ2v) is 12.0. The Labute approximate surface area is 254 Å². The number of thiazole rings is 1. The van der Waals surface area contributed by atoms with Crippen LogP contribution in [0.15, 0.2) is 53.3 Å². The molecule has 1 amide bonds. The van der Waals surface area contributed by atoms with E-state index in [1.54, 1.807) is 25.1 Å². The molecule has 0 fully saturated rings. The Morgan fingerprint density at radius 1 is 1.12 bits per heavy atom. The fraction of sp³-hybridized carbons (Fsp3) is 0.226. The number of rotatable bonds is 7. The van der Waals surface area contributed by atoms with Crippen LogP contribution in [0.4, 0.5) is 10.7 Å². The number of carbonyl (C=O) groups excluding carboxylic acids is 2.